The molecular weight excluding hydrogens is 567 g/mol. The maximum absolute atomic E-state index is 9.08. The quantitative estimate of drug-likeness (QED) is 0.151. The van der Waals surface area contributed by atoms with Crippen molar-refractivity contribution >= 4 is 47.4 Å². The van der Waals surface area contributed by atoms with Crippen molar-refractivity contribution in [3.63, 3.8) is 0 Å². The smallest absolute Gasteiger partial charge is 0.119 e. The molecule has 0 aromatic heterocycles. The second-order valence-corrected chi connectivity index (χ2v) is 13.5. The van der Waals surface area contributed by atoms with Gasteiger partial charge in [-0.15, -0.1) is 0 Å². The van der Waals surface area contributed by atoms with E-state index in [0.717, 1.165) is 11.5 Å². The molecule has 4 nitrogen and oxygen atoms in total. The molecule has 5 aromatic rings. The van der Waals surface area contributed by atoms with Gasteiger partial charge in [-0.1, -0.05) is 78.1 Å². The summed E-state index contributed by atoms with van der Waals surface area (Å²) in [6.45, 7) is 0.523. The number of rotatable bonds is 13. The molecule has 0 aliphatic rings. The normalized spacial score (nSPS) is 11.0. The van der Waals surface area contributed by atoms with Crippen LogP contribution in [0.1, 0.15) is 0 Å². The van der Waals surface area contributed by atoms with Crippen molar-refractivity contribution in [2.75, 3.05) is 26.4 Å². The highest BCUT2D eigenvalue weighted by molar-refractivity contribution is 7.99. The molecule has 7 heteroatoms. The Morgan fingerprint density at radius 1 is 0.439 bits per heavy atom. The van der Waals surface area contributed by atoms with Crippen molar-refractivity contribution in [3.8, 4) is 11.5 Å². The maximum atomic E-state index is 9.08. The summed E-state index contributed by atoms with van der Waals surface area (Å²) in [5, 5.41) is 21.8. The first kappa shape index (κ1) is 29.2. The summed E-state index contributed by atoms with van der Waals surface area (Å²) in [5.74, 6) is 1.48. The highest BCUT2D eigenvalue weighted by Crippen LogP contribution is 2.36. The first-order chi connectivity index (χ1) is 20.2. The Hall–Kier alpha value is -3.25. The molecule has 5 aromatic carbocycles. The highest BCUT2D eigenvalue weighted by atomic mass is 32.2. The van der Waals surface area contributed by atoms with Gasteiger partial charge in [0.15, 0.2) is 0 Å². The van der Waals surface area contributed by atoms with Gasteiger partial charge in [0.2, 0.25) is 0 Å². The fraction of sp³-hybridized carbons (Fsp3) is 0.118. The molecule has 41 heavy (non-hydrogen) atoms. The number of ether oxygens (including phenoxy) is 2. The number of aliphatic hydroxyl groups excluding tert-OH is 2. The lowest BCUT2D eigenvalue weighted by atomic mass is 10.3. The lowest BCUT2D eigenvalue weighted by Gasteiger charge is -2.20. The van der Waals surface area contributed by atoms with Gasteiger partial charge >= 0.3 is 0 Å². The number of hydrogen-bond donors (Lipinski definition) is 2. The first-order valence-corrected chi connectivity index (χ1v) is 16.3. The molecule has 0 saturated heterocycles. The Kier molecular flexibility index (Phi) is 10.8. The lowest BCUT2D eigenvalue weighted by molar-refractivity contribution is 0.201. The maximum Gasteiger partial charge on any atom is 0.119 e. The van der Waals surface area contributed by atoms with Crippen LogP contribution in [0.25, 0.3) is 0 Å². The van der Waals surface area contributed by atoms with Crippen LogP contribution in [0.4, 0.5) is 0 Å². The molecule has 208 valence electrons. The second kappa shape index (κ2) is 15.1. The van der Waals surface area contributed by atoms with E-state index in [2.05, 4.69) is 97.1 Å². The van der Waals surface area contributed by atoms with Gasteiger partial charge in [0.25, 0.3) is 0 Å². The van der Waals surface area contributed by atoms with Crippen molar-refractivity contribution in [3.05, 3.63) is 127 Å². The molecule has 0 unspecified atom stereocenters. The predicted octanol–water partition coefficient (Wildman–Crippen LogP) is 6.49. The Balaban J connectivity index is 1.33. The minimum absolute atomic E-state index is 0.0136. The summed E-state index contributed by atoms with van der Waals surface area (Å²) in [5.41, 5.74) is 0. The average molecular weight is 599 g/mol. The van der Waals surface area contributed by atoms with Gasteiger partial charge in [-0.25, -0.2) is 0 Å². The summed E-state index contributed by atoms with van der Waals surface area (Å²) in [4.78, 5) is 4.85. The zero-order valence-corrected chi connectivity index (χ0v) is 25.0. The van der Waals surface area contributed by atoms with Crippen LogP contribution in [-0.2, 0) is 0 Å². The SMILES string of the molecule is OCCOc1ccc(P(c2ccc(OCCO)cc2)c2ccc(Sc3ccc(Sc4ccccc4)cc3)cc2)cc1. The first-order valence-electron chi connectivity index (χ1n) is 13.3. The Morgan fingerprint density at radius 3 is 1.17 bits per heavy atom. The van der Waals surface area contributed by atoms with Crippen molar-refractivity contribution in [2.45, 2.75) is 19.6 Å². The van der Waals surface area contributed by atoms with Crippen LogP contribution in [0, 0.1) is 0 Å². The number of aliphatic hydroxyl groups is 2. The van der Waals surface area contributed by atoms with Gasteiger partial charge in [0.1, 0.15) is 24.7 Å². The third kappa shape index (κ3) is 8.38. The van der Waals surface area contributed by atoms with Gasteiger partial charge in [0.05, 0.1) is 13.2 Å². The summed E-state index contributed by atoms with van der Waals surface area (Å²) in [6, 6.07) is 44.2. The molecule has 0 bridgehead atoms. The Morgan fingerprint density at radius 2 is 0.780 bits per heavy atom. The van der Waals surface area contributed by atoms with Crippen LogP contribution < -0.4 is 25.4 Å². The lowest BCUT2D eigenvalue weighted by Crippen LogP contribution is -2.20. The van der Waals surface area contributed by atoms with Crippen LogP contribution in [-0.4, -0.2) is 36.6 Å². The third-order valence-corrected chi connectivity index (χ3v) is 10.5. The second-order valence-electron chi connectivity index (χ2n) is 8.95. The van der Waals surface area contributed by atoms with Crippen molar-refractivity contribution in [1.82, 2.24) is 0 Å². The molecule has 0 atom stereocenters. The molecular formula is C34H31O4PS2. The van der Waals surface area contributed by atoms with E-state index in [1.165, 1.54) is 35.5 Å². The molecule has 0 radical (unpaired) electrons. The largest absolute Gasteiger partial charge is 0.491 e. The van der Waals surface area contributed by atoms with Crippen molar-refractivity contribution < 1.29 is 19.7 Å². The van der Waals surface area contributed by atoms with E-state index < -0.39 is 7.92 Å². The molecule has 0 amide bonds. The van der Waals surface area contributed by atoms with E-state index >= 15 is 0 Å². The number of hydrogen-bond acceptors (Lipinski definition) is 6. The van der Waals surface area contributed by atoms with Gasteiger partial charge in [0, 0.05) is 19.6 Å². The van der Waals surface area contributed by atoms with Crippen LogP contribution in [0.15, 0.2) is 147 Å². The van der Waals surface area contributed by atoms with Gasteiger partial charge < -0.3 is 19.7 Å². The average Bonchev–Trinajstić information content (AvgIpc) is 3.03. The molecule has 5 rings (SSSR count). The standard InChI is InChI=1S/C34H31O4PS2/c35-22-24-37-26-6-10-28(11-7-26)39(29-12-8-27(9-13-29)38-25-23-36)30-14-16-32(17-15-30)41-34-20-18-33(19-21-34)40-31-4-2-1-3-5-31/h1-21,35-36H,22-25H2. The van der Waals surface area contributed by atoms with Crippen molar-refractivity contribution in [1.29, 1.82) is 0 Å². The Bertz CT molecular complexity index is 1430. The molecule has 0 saturated carbocycles. The fourth-order valence-electron chi connectivity index (χ4n) is 4.16. The topological polar surface area (TPSA) is 58.9 Å². The third-order valence-electron chi connectivity index (χ3n) is 6.04. The van der Waals surface area contributed by atoms with Gasteiger partial charge in [-0.2, -0.15) is 0 Å². The summed E-state index contributed by atoms with van der Waals surface area (Å²) < 4.78 is 11.2. The van der Waals surface area contributed by atoms with E-state index in [0.29, 0.717) is 0 Å². The van der Waals surface area contributed by atoms with Gasteiger partial charge in [-0.05, 0) is 96.6 Å². The zero-order valence-electron chi connectivity index (χ0n) is 22.4. The van der Waals surface area contributed by atoms with Crippen LogP contribution >= 0.6 is 31.4 Å². The molecule has 0 aliphatic heterocycles. The van der Waals surface area contributed by atoms with E-state index in [1.807, 2.05) is 30.3 Å². The van der Waals surface area contributed by atoms with Gasteiger partial charge in [-0.3, -0.25) is 0 Å². The monoisotopic (exact) mass is 598 g/mol. The highest BCUT2D eigenvalue weighted by Gasteiger charge is 2.17. The van der Waals surface area contributed by atoms with Crippen LogP contribution in [0.3, 0.4) is 0 Å². The van der Waals surface area contributed by atoms with E-state index in [9.17, 15) is 0 Å². The van der Waals surface area contributed by atoms with Crippen LogP contribution in [0.2, 0.25) is 0 Å². The fourth-order valence-corrected chi connectivity index (χ4v) is 8.05. The molecule has 0 aliphatic carbocycles. The summed E-state index contributed by atoms with van der Waals surface area (Å²) in [7, 11) is -0.819. The minimum Gasteiger partial charge on any atom is -0.491 e. The Labute approximate surface area is 251 Å². The molecule has 0 fully saturated rings. The summed E-state index contributed by atoms with van der Waals surface area (Å²) >= 11 is 3.53. The van der Waals surface area contributed by atoms with Crippen LogP contribution in [0.5, 0.6) is 11.5 Å². The van der Waals surface area contributed by atoms with E-state index in [4.69, 9.17) is 19.7 Å². The molecule has 0 spiro atoms. The zero-order chi connectivity index (χ0) is 28.3. The van der Waals surface area contributed by atoms with E-state index in [-0.39, 0.29) is 26.4 Å². The molecule has 0 heterocycles. The van der Waals surface area contributed by atoms with E-state index in [1.54, 1.807) is 23.5 Å². The predicted molar refractivity (Wildman–Crippen MR) is 171 cm³/mol. The number of benzene rings is 5. The minimum atomic E-state index is -0.819. The molecule has 2 N–H and O–H groups in total. The van der Waals surface area contributed by atoms with Crippen molar-refractivity contribution in [2.24, 2.45) is 0 Å². The summed E-state index contributed by atoms with van der Waals surface area (Å²) in [6.07, 6.45) is 0.